The Labute approximate surface area is 97.0 Å². The summed E-state index contributed by atoms with van der Waals surface area (Å²) in [5.41, 5.74) is 0.217. The Morgan fingerprint density at radius 3 is 2.82 bits per heavy atom. The molecule has 92 valence electrons. The van der Waals surface area contributed by atoms with E-state index in [1.165, 1.54) is 6.92 Å². The Kier molecular flexibility index (Phi) is 3.00. The van der Waals surface area contributed by atoms with E-state index in [0.717, 1.165) is 6.07 Å². The van der Waals surface area contributed by atoms with Crippen LogP contribution in [0.25, 0.3) is 0 Å². The number of halogens is 2. The van der Waals surface area contributed by atoms with E-state index >= 15 is 0 Å². The number of benzene rings is 1. The lowest BCUT2D eigenvalue weighted by Gasteiger charge is -2.23. The number of carboxylic acids is 1. The van der Waals surface area contributed by atoms with Crippen molar-refractivity contribution in [1.82, 2.24) is 0 Å². The van der Waals surface area contributed by atoms with Gasteiger partial charge in [-0.2, -0.15) is 0 Å². The molecule has 0 saturated heterocycles. The predicted octanol–water partition coefficient (Wildman–Crippen LogP) is 2.48. The molecule has 1 unspecified atom stereocenters. The molecule has 17 heavy (non-hydrogen) atoms. The van der Waals surface area contributed by atoms with Crippen LogP contribution in [0.5, 0.6) is 5.75 Å². The minimum absolute atomic E-state index is 0.0615. The van der Waals surface area contributed by atoms with Gasteiger partial charge in [0, 0.05) is 17.2 Å². The zero-order valence-corrected chi connectivity index (χ0v) is 9.30. The van der Waals surface area contributed by atoms with E-state index in [1.807, 2.05) is 0 Å². The summed E-state index contributed by atoms with van der Waals surface area (Å²) >= 11 is 0. The zero-order valence-electron chi connectivity index (χ0n) is 9.30. The maximum absolute atomic E-state index is 13.7. The van der Waals surface area contributed by atoms with Crippen LogP contribution in [-0.2, 0) is 11.2 Å². The third-order valence-electron chi connectivity index (χ3n) is 2.94. The summed E-state index contributed by atoms with van der Waals surface area (Å²) in [6.45, 7) is 1.71. The molecule has 1 aliphatic rings. The van der Waals surface area contributed by atoms with Gasteiger partial charge < -0.3 is 9.84 Å². The second kappa shape index (κ2) is 4.31. The summed E-state index contributed by atoms with van der Waals surface area (Å²) in [4.78, 5) is 10.9. The molecule has 1 atom stereocenters. The average molecular weight is 242 g/mol. The van der Waals surface area contributed by atoms with Crippen LogP contribution in [0.4, 0.5) is 8.78 Å². The second-order valence-electron chi connectivity index (χ2n) is 4.07. The molecule has 0 aromatic heterocycles. The molecule has 0 fully saturated rings. The van der Waals surface area contributed by atoms with Gasteiger partial charge in [-0.15, -0.1) is 0 Å². The maximum atomic E-state index is 13.7. The molecule has 0 spiro atoms. The molecule has 1 heterocycles. The standard InChI is InChI=1S/C12H12F2O3/c1-6(12(15)16)10-9(14)5-8(13)7-3-2-4-17-11(7)10/h5-6H,2-4H2,1H3,(H,15,16). The van der Waals surface area contributed by atoms with E-state index in [9.17, 15) is 13.6 Å². The van der Waals surface area contributed by atoms with Crippen LogP contribution in [0.2, 0.25) is 0 Å². The summed E-state index contributed by atoms with van der Waals surface area (Å²) < 4.78 is 32.4. The van der Waals surface area contributed by atoms with E-state index in [-0.39, 0.29) is 16.9 Å². The van der Waals surface area contributed by atoms with Gasteiger partial charge >= 0.3 is 5.97 Å². The lowest BCUT2D eigenvalue weighted by molar-refractivity contribution is -0.138. The van der Waals surface area contributed by atoms with E-state index in [4.69, 9.17) is 9.84 Å². The van der Waals surface area contributed by atoms with Gasteiger partial charge in [-0.05, 0) is 19.8 Å². The van der Waals surface area contributed by atoms with Crippen LogP contribution in [0.15, 0.2) is 6.07 Å². The fourth-order valence-electron chi connectivity index (χ4n) is 2.00. The van der Waals surface area contributed by atoms with Gasteiger partial charge in [0.05, 0.1) is 12.5 Å². The Hall–Kier alpha value is -1.65. The molecule has 0 bridgehead atoms. The van der Waals surface area contributed by atoms with Crippen LogP contribution >= 0.6 is 0 Å². The van der Waals surface area contributed by atoms with E-state index < -0.39 is 23.5 Å². The topological polar surface area (TPSA) is 46.5 Å². The van der Waals surface area contributed by atoms with E-state index in [1.54, 1.807) is 0 Å². The lowest BCUT2D eigenvalue weighted by Crippen LogP contribution is -2.18. The summed E-state index contributed by atoms with van der Waals surface area (Å²) in [5.74, 6) is -3.67. The SMILES string of the molecule is CC(C(=O)O)c1c(F)cc(F)c2c1OCCC2. The summed E-state index contributed by atoms with van der Waals surface area (Å²) in [7, 11) is 0. The highest BCUT2D eigenvalue weighted by molar-refractivity contribution is 5.77. The third kappa shape index (κ3) is 1.97. The van der Waals surface area contributed by atoms with Crippen LogP contribution in [0.1, 0.15) is 30.4 Å². The number of aliphatic carboxylic acids is 1. The first-order valence-corrected chi connectivity index (χ1v) is 5.38. The quantitative estimate of drug-likeness (QED) is 0.866. The molecule has 1 N–H and O–H groups in total. The Bertz CT molecular complexity index is 471. The summed E-state index contributed by atoms with van der Waals surface area (Å²) in [6, 6.07) is 0.738. The second-order valence-corrected chi connectivity index (χ2v) is 4.07. The van der Waals surface area contributed by atoms with Crippen LogP contribution < -0.4 is 4.74 Å². The number of rotatable bonds is 2. The maximum Gasteiger partial charge on any atom is 0.310 e. The summed E-state index contributed by atoms with van der Waals surface area (Å²) in [5, 5.41) is 8.91. The van der Waals surface area contributed by atoms with Crippen molar-refractivity contribution >= 4 is 5.97 Å². The van der Waals surface area contributed by atoms with Crippen LogP contribution in [-0.4, -0.2) is 17.7 Å². The monoisotopic (exact) mass is 242 g/mol. The van der Waals surface area contributed by atoms with Crippen LogP contribution in [0, 0.1) is 11.6 Å². The van der Waals surface area contributed by atoms with Crippen molar-refractivity contribution in [3.63, 3.8) is 0 Å². The molecular formula is C12H12F2O3. The fraction of sp³-hybridized carbons (Fsp3) is 0.417. The molecule has 0 saturated carbocycles. The Morgan fingerprint density at radius 1 is 1.47 bits per heavy atom. The van der Waals surface area contributed by atoms with Crippen molar-refractivity contribution in [2.75, 3.05) is 6.61 Å². The van der Waals surface area contributed by atoms with Crippen molar-refractivity contribution in [3.05, 3.63) is 28.8 Å². The molecule has 2 rings (SSSR count). The molecule has 1 aliphatic heterocycles. The number of hydrogen-bond donors (Lipinski definition) is 1. The van der Waals surface area contributed by atoms with Gasteiger partial charge in [0.25, 0.3) is 0 Å². The first-order chi connectivity index (χ1) is 8.02. The van der Waals surface area contributed by atoms with Gasteiger partial charge in [0.2, 0.25) is 0 Å². The Balaban J connectivity index is 2.61. The molecule has 0 amide bonds. The molecule has 5 heteroatoms. The lowest BCUT2D eigenvalue weighted by atomic mass is 9.93. The molecule has 0 radical (unpaired) electrons. The highest BCUT2D eigenvalue weighted by atomic mass is 19.1. The highest BCUT2D eigenvalue weighted by Crippen LogP contribution is 2.37. The molecule has 3 nitrogen and oxygen atoms in total. The number of hydrogen-bond acceptors (Lipinski definition) is 2. The third-order valence-corrected chi connectivity index (χ3v) is 2.94. The molecule has 0 aliphatic carbocycles. The van der Waals surface area contributed by atoms with Crippen molar-refractivity contribution < 1.29 is 23.4 Å². The van der Waals surface area contributed by atoms with Gasteiger partial charge in [-0.1, -0.05) is 0 Å². The Morgan fingerprint density at radius 2 is 2.18 bits per heavy atom. The first kappa shape index (κ1) is 11.8. The number of ether oxygens (including phenoxy) is 1. The molecule has 1 aromatic rings. The van der Waals surface area contributed by atoms with Gasteiger partial charge in [-0.3, -0.25) is 4.79 Å². The minimum atomic E-state index is -1.16. The first-order valence-electron chi connectivity index (χ1n) is 5.38. The highest BCUT2D eigenvalue weighted by Gasteiger charge is 2.28. The van der Waals surface area contributed by atoms with E-state index in [2.05, 4.69) is 0 Å². The predicted molar refractivity (Wildman–Crippen MR) is 56.2 cm³/mol. The minimum Gasteiger partial charge on any atom is -0.493 e. The molecule has 1 aromatic carbocycles. The number of fused-ring (bicyclic) bond motifs is 1. The molecular weight excluding hydrogens is 230 g/mol. The van der Waals surface area contributed by atoms with Crippen LogP contribution in [0.3, 0.4) is 0 Å². The number of carbonyl (C=O) groups is 1. The van der Waals surface area contributed by atoms with Crippen molar-refractivity contribution in [2.24, 2.45) is 0 Å². The van der Waals surface area contributed by atoms with Crippen molar-refractivity contribution in [3.8, 4) is 5.75 Å². The average Bonchev–Trinajstić information content (AvgIpc) is 2.28. The van der Waals surface area contributed by atoms with Gasteiger partial charge in [0.15, 0.2) is 0 Å². The summed E-state index contributed by atoms with van der Waals surface area (Å²) in [6.07, 6.45) is 1.09. The number of carboxylic acid groups (broad SMARTS) is 1. The largest absolute Gasteiger partial charge is 0.493 e. The fourth-order valence-corrected chi connectivity index (χ4v) is 2.00. The zero-order chi connectivity index (χ0) is 12.6. The van der Waals surface area contributed by atoms with E-state index in [0.29, 0.717) is 19.4 Å². The van der Waals surface area contributed by atoms with Crippen molar-refractivity contribution in [2.45, 2.75) is 25.7 Å². The van der Waals surface area contributed by atoms with Gasteiger partial charge in [0.1, 0.15) is 17.4 Å². The normalized spacial score (nSPS) is 15.9. The van der Waals surface area contributed by atoms with Crippen molar-refractivity contribution in [1.29, 1.82) is 0 Å². The van der Waals surface area contributed by atoms with Gasteiger partial charge in [-0.25, -0.2) is 8.78 Å². The smallest absolute Gasteiger partial charge is 0.310 e.